The fraction of sp³-hybridized carbons (Fsp3) is 0.500. The van der Waals surface area contributed by atoms with Crippen LogP contribution in [0.15, 0.2) is 18.2 Å². The zero-order chi connectivity index (χ0) is 14.2. The van der Waals surface area contributed by atoms with Crippen LogP contribution < -0.4 is 9.46 Å². The van der Waals surface area contributed by atoms with E-state index in [0.29, 0.717) is 17.7 Å². The van der Waals surface area contributed by atoms with E-state index in [4.69, 9.17) is 4.74 Å². The Morgan fingerprint density at radius 2 is 2.05 bits per heavy atom. The van der Waals surface area contributed by atoms with Gasteiger partial charge in [-0.2, -0.15) is 0 Å². The van der Waals surface area contributed by atoms with Gasteiger partial charge in [0.1, 0.15) is 5.75 Å². The summed E-state index contributed by atoms with van der Waals surface area (Å²) >= 11 is 0. The van der Waals surface area contributed by atoms with Crippen molar-refractivity contribution in [1.82, 2.24) is 4.72 Å². The van der Waals surface area contributed by atoms with E-state index in [1.807, 2.05) is 32.9 Å². The molecule has 0 bridgehead atoms. The van der Waals surface area contributed by atoms with Crippen LogP contribution >= 0.6 is 0 Å². The second kappa shape index (κ2) is 5.06. The average Bonchev–Trinajstić information content (AvgIpc) is 2.65. The van der Waals surface area contributed by atoms with E-state index in [9.17, 15) is 9.00 Å². The van der Waals surface area contributed by atoms with Crippen molar-refractivity contribution in [3.8, 4) is 5.75 Å². The Morgan fingerprint density at radius 1 is 1.37 bits per heavy atom. The molecule has 2 atom stereocenters. The first kappa shape index (κ1) is 14.2. The summed E-state index contributed by atoms with van der Waals surface area (Å²) < 4.78 is 20.1. The second-order valence-corrected chi connectivity index (χ2v) is 7.60. The monoisotopic (exact) mass is 281 g/mol. The molecule has 4 nitrogen and oxygen atoms in total. The molecule has 0 aliphatic heterocycles. The number of carbonyl (C=O) groups is 1. The molecule has 104 valence electrons. The van der Waals surface area contributed by atoms with Gasteiger partial charge in [-0.25, -0.2) is 8.93 Å². The first-order valence-corrected chi connectivity index (χ1v) is 7.37. The van der Waals surface area contributed by atoms with Crippen LogP contribution in [-0.2, 0) is 11.0 Å². The number of benzene rings is 1. The topological polar surface area (TPSA) is 55.4 Å². The number of carbonyl (C=O) groups excluding carboxylic acids is 1. The predicted molar refractivity (Wildman–Crippen MR) is 75.7 cm³/mol. The van der Waals surface area contributed by atoms with Gasteiger partial charge >= 0.3 is 0 Å². The fourth-order valence-corrected chi connectivity index (χ4v) is 2.94. The van der Waals surface area contributed by atoms with Crippen LogP contribution in [0.25, 0.3) is 0 Å². The number of fused-ring (bicyclic) bond motifs is 1. The van der Waals surface area contributed by atoms with Gasteiger partial charge in [0, 0.05) is 6.42 Å². The molecule has 0 saturated heterocycles. The normalized spacial score (nSPS) is 20.2. The summed E-state index contributed by atoms with van der Waals surface area (Å²) in [6.45, 7) is 5.71. The van der Waals surface area contributed by atoms with Crippen molar-refractivity contribution in [2.75, 3.05) is 7.11 Å². The van der Waals surface area contributed by atoms with Gasteiger partial charge in [0.15, 0.2) is 5.78 Å². The Kier molecular flexibility index (Phi) is 3.78. The lowest BCUT2D eigenvalue weighted by Gasteiger charge is -2.21. The number of ether oxygens (including phenoxy) is 1. The number of ketones is 1. The first-order valence-electron chi connectivity index (χ1n) is 6.22. The fourth-order valence-electron chi connectivity index (χ4n) is 2.12. The molecular weight excluding hydrogens is 262 g/mol. The highest BCUT2D eigenvalue weighted by Crippen LogP contribution is 2.37. The number of methoxy groups -OCH3 is 1. The van der Waals surface area contributed by atoms with E-state index in [-0.39, 0.29) is 16.6 Å². The molecule has 0 amide bonds. The van der Waals surface area contributed by atoms with Crippen LogP contribution in [-0.4, -0.2) is 21.8 Å². The van der Waals surface area contributed by atoms with Gasteiger partial charge in [0.2, 0.25) is 0 Å². The minimum absolute atomic E-state index is 0.0378. The molecule has 19 heavy (non-hydrogen) atoms. The third-order valence-corrected chi connectivity index (χ3v) is 4.74. The molecule has 0 radical (unpaired) electrons. The molecular formula is C14H19NO3S. The van der Waals surface area contributed by atoms with Crippen molar-refractivity contribution in [2.24, 2.45) is 0 Å². The van der Waals surface area contributed by atoms with Gasteiger partial charge in [-0.3, -0.25) is 4.79 Å². The highest BCUT2D eigenvalue weighted by Gasteiger charge is 2.34. The third kappa shape index (κ3) is 2.72. The maximum atomic E-state index is 12.1. The summed E-state index contributed by atoms with van der Waals surface area (Å²) in [5, 5.41) is 0. The standard InChI is InChI=1S/C14H19NO3S/c1-14(2,3)19(17)15-10-8-11(16)13-9(10)6-5-7-12(13)18-4/h5-7,10,15H,8H2,1-4H3/t10-,19+/m1/s1. The molecule has 0 saturated carbocycles. The number of Topliss-reactive ketones (excluding diaryl/α,β-unsaturated/α-hetero) is 1. The lowest BCUT2D eigenvalue weighted by Crippen LogP contribution is -2.35. The van der Waals surface area contributed by atoms with Crippen molar-refractivity contribution in [1.29, 1.82) is 0 Å². The summed E-state index contributed by atoms with van der Waals surface area (Å²) in [6, 6.07) is 5.32. The SMILES string of the molecule is COc1cccc2c1C(=O)C[C@H]2N[S@@](=O)C(C)(C)C. The Labute approximate surface area is 116 Å². The van der Waals surface area contributed by atoms with Crippen LogP contribution in [0, 0.1) is 0 Å². The van der Waals surface area contributed by atoms with E-state index in [1.54, 1.807) is 13.2 Å². The van der Waals surface area contributed by atoms with Crippen LogP contribution in [0.1, 0.15) is 49.2 Å². The molecule has 0 unspecified atom stereocenters. The van der Waals surface area contributed by atoms with Gasteiger partial charge in [-0.1, -0.05) is 12.1 Å². The largest absolute Gasteiger partial charge is 0.496 e. The van der Waals surface area contributed by atoms with E-state index in [2.05, 4.69) is 4.72 Å². The Morgan fingerprint density at radius 3 is 2.63 bits per heavy atom. The molecule has 1 aliphatic carbocycles. The van der Waals surface area contributed by atoms with Gasteiger partial charge < -0.3 is 4.74 Å². The van der Waals surface area contributed by atoms with Crippen LogP contribution in [0.2, 0.25) is 0 Å². The third-order valence-electron chi connectivity index (χ3n) is 3.13. The quantitative estimate of drug-likeness (QED) is 0.925. The molecule has 5 heteroatoms. The Hall–Kier alpha value is -1.20. The van der Waals surface area contributed by atoms with E-state index in [0.717, 1.165) is 5.56 Å². The maximum absolute atomic E-state index is 12.1. The van der Waals surface area contributed by atoms with Gasteiger partial charge in [0.05, 0.1) is 34.4 Å². The molecule has 0 aromatic heterocycles. The van der Waals surface area contributed by atoms with Crippen LogP contribution in [0.5, 0.6) is 5.75 Å². The number of hydrogen-bond acceptors (Lipinski definition) is 3. The van der Waals surface area contributed by atoms with Gasteiger partial charge in [-0.15, -0.1) is 0 Å². The minimum atomic E-state index is -1.20. The van der Waals surface area contributed by atoms with E-state index in [1.165, 1.54) is 0 Å². The molecule has 1 aromatic carbocycles. The van der Waals surface area contributed by atoms with E-state index < -0.39 is 11.0 Å². The Bertz CT molecular complexity index is 534. The number of nitrogens with one attached hydrogen (secondary N) is 1. The summed E-state index contributed by atoms with van der Waals surface area (Å²) in [5.74, 6) is 0.629. The zero-order valence-corrected chi connectivity index (χ0v) is 12.5. The smallest absolute Gasteiger partial charge is 0.168 e. The van der Waals surface area contributed by atoms with Gasteiger partial charge in [-0.05, 0) is 32.4 Å². The van der Waals surface area contributed by atoms with Crippen molar-refractivity contribution in [3.05, 3.63) is 29.3 Å². The zero-order valence-electron chi connectivity index (χ0n) is 11.6. The van der Waals surface area contributed by atoms with Crippen LogP contribution in [0.4, 0.5) is 0 Å². The molecule has 2 rings (SSSR count). The maximum Gasteiger partial charge on any atom is 0.168 e. The van der Waals surface area contributed by atoms with Crippen LogP contribution in [0.3, 0.4) is 0 Å². The second-order valence-electron chi connectivity index (χ2n) is 5.60. The summed E-state index contributed by atoms with van der Waals surface area (Å²) in [6.07, 6.45) is 0.331. The highest BCUT2D eigenvalue weighted by molar-refractivity contribution is 7.84. The van der Waals surface area contributed by atoms with Crippen molar-refractivity contribution >= 4 is 16.8 Å². The molecule has 0 spiro atoms. The molecule has 1 aromatic rings. The Balaban J connectivity index is 2.31. The van der Waals surface area contributed by atoms with Crippen molar-refractivity contribution < 1.29 is 13.7 Å². The predicted octanol–water partition coefficient (Wildman–Crippen LogP) is 2.37. The molecule has 1 N–H and O–H groups in total. The summed E-state index contributed by atoms with van der Waals surface area (Å²) in [5.41, 5.74) is 1.50. The van der Waals surface area contributed by atoms with E-state index >= 15 is 0 Å². The average molecular weight is 281 g/mol. The van der Waals surface area contributed by atoms with Gasteiger partial charge in [0.25, 0.3) is 0 Å². The number of hydrogen-bond donors (Lipinski definition) is 1. The lowest BCUT2D eigenvalue weighted by atomic mass is 10.1. The minimum Gasteiger partial charge on any atom is -0.496 e. The number of rotatable bonds is 3. The molecule has 1 aliphatic rings. The first-order chi connectivity index (χ1) is 8.84. The van der Waals surface area contributed by atoms with Crippen molar-refractivity contribution in [2.45, 2.75) is 38.0 Å². The summed E-state index contributed by atoms with van der Waals surface area (Å²) in [4.78, 5) is 12.1. The van der Waals surface area contributed by atoms with Crippen molar-refractivity contribution in [3.63, 3.8) is 0 Å². The lowest BCUT2D eigenvalue weighted by molar-refractivity contribution is 0.0985. The molecule has 0 heterocycles. The summed E-state index contributed by atoms with van der Waals surface area (Å²) in [7, 11) is 0.352. The highest BCUT2D eigenvalue weighted by atomic mass is 32.2. The molecule has 0 fully saturated rings.